The van der Waals surface area contributed by atoms with Crippen LogP contribution in [0, 0.1) is 18.7 Å². The number of nitrogens with one attached hydrogen (secondary N) is 1. The molecule has 0 spiro atoms. The van der Waals surface area contributed by atoms with E-state index in [1.165, 1.54) is 30.3 Å². The van der Waals surface area contributed by atoms with Crippen molar-refractivity contribution in [3.05, 3.63) is 65.9 Å². The number of anilines is 2. The van der Waals surface area contributed by atoms with Gasteiger partial charge in [0.25, 0.3) is 0 Å². The monoisotopic (exact) mass is 459 g/mol. The SMILES string of the molecule is Cc1cc(N2CCC(C(=O)Nc3ccc(F)cc3)CC2)nc(-c2ccc(C(F)(F)F)nc2)n1. The number of nitrogens with zero attached hydrogens (tertiary/aromatic N) is 4. The molecule has 6 nitrogen and oxygen atoms in total. The van der Waals surface area contributed by atoms with Crippen molar-refractivity contribution >= 4 is 17.4 Å². The second-order valence-electron chi connectivity index (χ2n) is 7.88. The molecular weight excluding hydrogens is 438 g/mol. The number of halogens is 4. The van der Waals surface area contributed by atoms with E-state index in [1.54, 1.807) is 13.0 Å². The number of hydrogen-bond acceptors (Lipinski definition) is 5. The molecule has 1 fully saturated rings. The standard InChI is InChI=1S/C23H21F4N5O/c1-14-12-20(31-21(29-14)16-2-7-19(28-13-16)23(25,26)27)32-10-8-15(9-11-32)22(33)30-18-5-3-17(24)4-6-18/h2-7,12-13,15H,8-11H2,1H3,(H,30,33). The van der Waals surface area contributed by atoms with Gasteiger partial charge in [-0.3, -0.25) is 9.78 Å². The van der Waals surface area contributed by atoms with Crippen LogP contribution in [0.4, 0.5) is 29.1 Å². The number of pyridine rings is 1. The van der Waals surface area contributed by atoms with Gasteiger partial charge in [-0.25, -0.2) is 14.4 Å². The number of aryl methyl sites for hydroxylation is 1. The van der Waals surface area contributed by atoms with Gasteiger partial charge in [0.2, 0.25) is 5.91 Å². The second-order valence-corrected chi connectivity index (χ2v) is 7.88. The maximum absolute atomic E-state index is 13.0. The Bertz CT molecular complexity index is 1130. The zero-order valence-electron chi connectivity index (χ0n) is 17.7. The van der Waals surface area contributed by atoms with Gasteiger partial charge in [0, 0.05) is 48.2 Å². The van der Waals surface area contributed by atoms with Crippen molar-refractivity contribution in [1.29, 1.82) is 0 Å². The summed E-state index contributed by atoms with van der Waals surface area (Å²) in [6.45, 7) is 2.96. The predicted molar refractivity (Wildman–Crippen MR) is 115 cm³/mol. The number of amides is 1. The minimum atomic E-state index is -4.51. The summed E-state index contributed by atoms with van der Waals surface area (Å²) in [5.41, 5.74) is 0.637. The smallest absolute Gasteiger partial charge is 0.356 e. The van der Waals surface area contributed by atoms with Crippen molar-refractivity contribution in [2.45, 2.75) is 25.9 Å². The van der Waals surface area contributed by atoms with Gasteiger partial charge in [-0.05, 0) is 56.2 Å². The lowest BCUT2D eigenvalue weighted by molar-refractivity contribution is -0.141. The molecule has 1 amide bonds. The minimum Gasteiger partial charge on any atom is -0.356 e. The topological polar surface area (TPSA) is 71.0 Å². The van der Waals surface area contributed by atoms with Crippen LogP contribution >= 0.6 is 0 Å². The van der Waals surface area contributed by atoms with Crippen molar-refractivity contribution in [3.8, 4) is 11.4 Å². The Balaban J connectivity index is 1.42. The number of carbonyl (C=O) groups is 1. The van der Waals surface area contributed by atoms with E-state index in [9.17, 15) is 22.4 Å². The normalized spacial score (nSPS) is 14.9. The molecule has 0 unspecified atom stereocenters. The molecule has 0 bridgehead atoms. The first kappa shape index (κ1) is 22.6. The Kier molecular flexibility index (Phi) is 6.26. The highest BCUT2D eigenvalue weighted by Crippen LogP contribution is 2.29. The van der Waals surface area contributed by atoms with Crippen molar-refractivity contribution in [2.24, 2.45) is 5.92 Å². The second kappa shape index (κ2) is 9.13. The molecule has 0 aliphatic carbocycles. The van der Waals surface area contributed by atoms with Crippen LogP contribution in [0.1, 0.15) is 24.2 Å². The molecule has 4 rings (SSSR count). The van der Waals surface area contributed by atoms with Crippen LogP contribution in [0.5, 0.6) is 0 Å². The van der Waals surface area contributed by atoms with Crippen molar-refractivity contribution in [2.75, 3.05) is 23.3 Å². The van der Waals surface area contributed by atoms with E-state index in [0.717, 1.165) is 12.3 Å². The number of benzene rings is 1. The Morgan fingerprint density at radius 1 is 1.06 bits per heavy atom. The molecule has 1 saturated heterocycles. The Hall–Kier alpha value is -3.56. The van der Waals surface area contributed by atoms with E-state index in [2.05, 4.69) is 20.3 Å². The van der Waals surface area contributed by atoms with Gasteiger partial charge in [0.1, 0.15) is 17.3 Å². The first-order chi connectivity index (χ1) is 15.7. The summed E-state index contributed by atoms with van der Waals surface area (Å²) in [6.07, 6.45) is -2.18. The van der Waals surface area contributed by atoms with Crippen LogP contribution in [0.25, 0.3) is 11.4 Å². The lowest BCUT2D eigenvalue weighted by atomic mass is 9.95. The molecular formula is C23H21F4N5O. The molecule has 1 N–H and O–H groups in total. The zero-order chi connectivity index (χ0) is 23.6. The largest absolute Gasteiger partial charge is 0.433 e. The summed E-state index contributed by atoms with van der Waals surface area (Å²) >= 11 is 0. The Morgan fingerprint density at radius 2 is 1.76 bits per heavy atom. The summed E-state index contributed by atoms with van der Waals surface area (Å²) in [7, 11) is 0. The van der Waals surface area contributed by atoms with E-state index in [1.807, 2.05) is 4.90 Å². The number of carbonyl (C=O) groups excluding carboxylic acids is 1. The highest BCUT2D eigenvalue weighted by atomic mass is 19.4. The van der Waals surface area contributed by atoms with Crippen LogP contribution in [0.2, 0.25) is 0 Å². The molecule has 3 aromatic rings. The molecule has 10 heteroatoms. The van der Waals surface area contributed by atoms with Crippen LogP contribution < -0.4 is 10.2 Å². The van der Waals surface area contributed by atoms with Crippen LogP contribution in [-0.2, 0) is 11.0 Å². The van der Waals surface area contributed by atoms with Gasteiger partial charge in [0.05, 0.1) is 0 Å². The molecule has 0 radical (unpaired) electrons. The summed E-state index contributed by atoms with van der Waals surface area (Å²) in [5, 5.41) is 2.81. The summed E-state index contributed by atoms with van der Waals surface area (Å²) in [5.74, 6) is 0.273. The lowest BCUT2D eigenvalue weighted by Gasteiger charge is -2.32. The van der Waals surface area contributed by atoms with E-state index in [-0.39, 0.29) is 17.6 Å². The third kappa shape index (κ3) is 5.44. The third-order valence-electron chi connectivity index (χ3n) is 5.45. The Morgan fingerprint density at radius 3 is 2.36 bits per heavy atom. The van der Waals surface area contributed by atoms with E-state index in [4.69, 9.17) is 0 Å². The van der Waals surface area contributed by atoms with Crippen molar-refractivity contribution in [1.82, 2.24) is 15.0 Å². The molecule has 1 aliphatic heterocycles. The highest BCUT2D eigenvalue weighted by molar-refractivity contribution is 5.92. The zero-order valence-corrected chi connectivity index (χ0v) is 17.7. The van der Waals surface area contributed by atoms with Crippen LogP contribution in [0.3, 0.4) is 0 Å². The number of hydrogen-bond donors (Lipinski definition) is 1. The van der Waals surface area contributed by atoms with Crippen LogP contribution in [-0.4, -0.2) is 33.9 Å². The lowest BCUT2D eigenvalue weighted by Crippen LogP contribution is -2.38. The minimum absolute atomic E-state index is 0.114. The fraction of sp³-hybridized carbons (Fsp3) is 0.304. The van der Waals surface area contributed by atoms with Crippen molar-refractivity contribution < 1.29 is 22.4 Å². The summed E-state index contributed by atoms with van der Waals surface area (Å²) < 4.78 is 51.4. The molecule has 1 aliphatic rings. The average Bonchev–Trinajstić information content (AvgIpc) is 2.80. The molecule has 3 heterocycles. The van der Waals surface area contributed by atoms with Gasteiger partial charge in [-0.2, -0.15) is 13.2 Å². The maximum Gasteiger partial charge on any atom is 0.433 e. The highest BCUT2D eigenvalue weighted by Gasteiger charge is 2.32. The molecule has 172 valence electrons. The summed E-state index contributed by atoms with van der Waals surface area (Å²) in [4.78, 5) is 26.9. The number of piperidine rings is 1. The van der Waals surface area contributed by atoms with E-state index >= 15 is 0 Å². The van der Waals surface area contributed by atoms with Crippen LogP contribution in [0.15, 0.2) is 48.7 Å². The van der Waals surface area contributed by atoms with E-state index in [0.29, 0.717) is 54.5 Å². The van der Waals surface area contributed by atoms with Gasteiger partial charge < -0.3 is 10.2 Å². The quantitative estimate of drug-likeness (QED) is 0.565. The molecule has 2 aromatic heterocycles. The summed E-state index contributed by atoms with van der Waals surface area (Å²) in [6, 6.07) is 9.64. The van der Waals surface area contributed by atoms with Gasteiger partial charge in [-0.1, -0.05) is 0 Å². The molecule has 33 heavy (non-hydrogen) atoms. The Labute approximate surface area is 187 Å². The number of rotatable bonds is 4. The number of aromatic nitrogens is 3. The number of alkyl halides is 3. The predicted octanol–water partition coefficient (Wildman–Crippen LogP) is 4.86. The van der Waals surface area contributed by atoms with Gasteiger partial charge in [0.15, 0.2) is 5.82 Å². The molecule has 0 atom stereocenters. The molecule has 1 aromatic carbocycles. The first-order valence-electron chi connectivity index (χ1n) is 10.4. The van der Waals surface area contributed by atoms with Gasteiger partial charge >= 0.3 is 6.18 Å². The van der Waals surface area contributed by atoms with E-state index < -0.39 is 11.9 Å². The average molecular weight is 459 g/mol. The third-order valence-corrected chi connectivity index (χ3v) is 5.45. The van der Waals surface area contributed by atoms with Gasteiger partial charge in [-0.15, -0.1) is 0 Å². The maximum atomic E-state index is 13.0. The molecule has 0 saturated carbocycles. The fourth-order valence-corrected chi connectivity index (χ4v) is 3.69. The fourth-order valence-electron chi connectivity index (χ4n) is 3.69. The first-order valence-corrected chi connectivity index (χ1v) is 10.4. The van der Waals surface area contributed by atoms with Crippen molar-refractivity contribution in [3.63, 3.8) is 0 Å².